The fourth-order valence-corrected chi connectivity index (χ4v) is 1.72. The van der Waals surface area contributed by atoms with Crippen LogP contribution in [0, 0.1) is 0 Å². The molecule has 2 N–H and O–H groups in total. The van der Waals surface area contributed by atoms with Crippen LogP contribution in [-0.4, -0.2) is 22.6 Å². The highest BCUT2D eigenvalue weighted by atomic mass is 32.1. The summed E-state index contributed by atoms with van der Waals surface area (Å²) in [5, 5.41) is 0. The van der Waals surface area contributed by atoms with Gasteiger partial charge in [0.05, 0.1) is 0 Å². The highest BCUT2D eigenvalue weighted by molar-refractivity contribution is 7.80. The van der Waals surface area contributed by atoms with Gasteiger partial charge in [-0.1, -0.05) is 63.5 Å². The maximum atomic E-state index is 11.3. The van der Waals surface area contributed by atoms with Crippen LogP contribution in [0.5, 0.6) is 0 Å². The molecular weight excluding hydrogens is 328 g/mol. The fourth-order valence-electron chi connectivity index (χ4n) is 1.59. The lowest BCUT2D eigenvalue weighted by Gasteiger charge is -2.16. The van der Waals surface area contributed by atoms with Gasteiger partial charge in [-0.05, 0) is 39.3 Å². The van der Waals surface area contributed by atoms with Gasteiger partial charge in [0.2, 0.25) is 0 Å². The average Bonchev–Trinajstić information content (AvgIpc) is 2.63. The summed E-state index contributed by atoms with van der Waals surface area (Å²) >= 11 is 4.07. The van der Waals surface area contributed by atoms with Gasteiger partial charge in [-0.3, -0.25) is 9.69 Å². The zero-order valence-corrected chi connectivity index (χ0v) is 17.4. The van der Waals surface area contributed by atoms with Crippen LogP contribution in [0.1, 0.15) is 41.0 Å². The lowest BCUT2D eigenvalue weighted by molar-refractivity contribution is -0.121. The third-order valence-corrected chi connectivity index (χ3v) is 3.12. The summed E-state index contributed by atoms with van der Waals surface area (Å²) in [6, 6.07) is 0.145. The molecule has 0 aliphatic heterocycles. The van der Waals surface area contributed by atoms with E-state index in [0.29, 0.717) is 0 Å². The number of amides is 1. The Morgan fingerprint density at radius 1 is 1.16 bits per heavy atom. The lowest BCUT2D eigenvalue weighted by Crippen LogP contribution is -2.21. The van der Waals surface area contributed by atoms with Gasteiger partial charge in [0.25, 0.3) is 5.91 Å². The van der Waals surface area contributed by atoms with Crippen LogP contribution in [-0.2, 0) is 4.79 Å². The first-order chi connectivity index (χ1) is 11.9. The summed E-state index contributed by atoms with van der Waals surface area (Å²) in [5.41, 5.74) is 7.46. The Bertz CT molecular complexity index is 476. The van der Waals surface area contributed by atoms with Crippen molar-refractivity contribution >= 4 is 18.5 Å². The Balaban J connectivity index is -0.000000362. The zero-order chi connectivity index (χ0) is 20.3. The minimum absolute atomic E-state index is 0.145. The van der Waals surface area contributed by atoms with Crippen molar-refractivity contribution in [2.24, 2.45) is 5.73 Å². The molecule has 1 atom stereocenters. The van der Waals surface area contributed by atoms with Gasteiger partial charge in [-0.2, -0.15) is 12.6 Å². The molecule has 0 radical (unpaired) electrons. The quantitative estimate of drug-likeness (QED) is 0.343. The van der Waals surface area contributed by atoms with E-state index in [-0.39, 0.29) is 11.9 Å². The third-order valence-electron chi connectivity index (χ3n) is 2.65. The number of allylic oxidation sites excluding steroid dienone is 5. The topological polar surface area (TPSA) is 46.3 Å². The summed E-state index contributed by atoms with van der Waals surface area (Å²) in [5.74, 6) is 0.558. The molecule has 0 bridgehead atoms. The van der Waals surface area contributed by atoms with Crippen LogP contribution in [0.2, 0.25) is 0 Å². The first kappa shape index (κ1) is 28.0. The molecule has 0 aromatic heterocycles. The molecule has 0 rings (SSSR count). The van der Waals surface area contributed by atoms with E-state index < -0.39 is 0 Å². The van der Waals surface area contributed by atoms with Gasteiger partial charge in [0.15, 0.2) is 0 Å². The predicted octanol–water partition coefficient (Wildman–Crippen LogP) is 5.42. The minimum Gasteiger partial charge on any atom is -0.327 e. The molecule has 142 valence electrons. The molecule has 1 unspecified atom stereocenters. The molecule has 0 saturated heterocycles. The maximum absolute atomic E-state index is 11.3. The average molecular weight is 365 g/mol. The van der Waals surface area contributed by atoms with Crippen LogP contribution in [0.4, 0.5) is 0 Å². The van der Waals surface area contributed by atoms with Crippen LogP contribution in [0.3, 0.4) is 0 Å². The normalized spacial score (nSPS) is 11.7. The van der Waals surface area contributed by atoms with E-state index in [0.717, 1.165) is 23.4 Å². The number of carbonyl (C=O) groups excluding carboxylic acids is 1. The Labute approximate surface area is 160 Å². The van der Waals surface area contributed by atoms with Crippen molar-refractivity contribution < 1.29 is 4.79 Å². The van der Waals surface area contributed by atoms with Crippen molar-refractivity contribution in [1.29, 1.82) is 0 Å². The maximum Gasteiger partial charge on any atom is 0.254 e. The number of carbonyl (C=O) groups is 1. The smallest absolute Gasteiger partial charge is 0.254 e. The number of nitrogens with zero attached hydrogens (tertiary/aromatic N) is 1. The van der Waals surface area contributed by atoms with Crippen molar-refractivity contribution in [2.75, 3.05) is 5.75 Å². The molecule has 0 aromatic carbocycles. The number of hydrogen-bond acceptors (Lipinski definition) is 3. The summed E-state index contributed by atoms with van der Waals surface area (Å²) in [6.07, 6.45) is 13.0. The first-order valence-corrected chi connectivity index (χ1v) is 9.09. The van der Waals surface area contributed by atoms with Gasteiger partial charge < -0.3 is 5.73 Å². The third kappa shape index (κ3) is 15.5. The number of nitrogens with two attached hydrogens (primary N) is 1. The van der Waals surface area contributed by atoms with E-state index in [9.17, 15) is 4.79 Å². The minimum atomic E-state index is -0.161. The molecule has 1 amide bonds. The SMILES string of the molecule is C=C(/C=C\C)CC(N)CS.C=CC(=O)N(/C=C\C)/C(C=C)=C/C.CC. The summed E-state index contributed by atoms with van der Waals surface area (Å²) in [7, 11) is 0. The van der Waals surface area contributed by atoms with E-state index >= 15 is 0 Å². The molecule has 0 spiro atoms. The fraction of sp³-hybridized carbons (Fsp3) is 0.381. The van der Waals surface area contributed by atoms with E-state index in [1.165, 1.54) is 11.0 Å². The molecule has 0 heterocycles. The van der Waals surface area contributed by atoms with Crippen molar-refractivity contribution in [3.05, 3.63) is 73.7 Å². The Morgan fingerprint density at radius 2 is 1.72 bits per heavy atom. The zero-order valence-electron chi connectivity index (χ0n) is 16.5. The Hall–Kier alpha value is -1.78. The molecule has 0 saturated carbocycles. The Morgan fingerprint density at radius 3 is 2.04 bits per heavy atom. The van der Waals surface area contributed by atoms with E-state index in [2.05, 4.69) is 32.4 Å². The van der Waals surface area contributed by atoms with Gasteiger partial charge in [-0.15, -0.1) is 0 Å². The van der Waals surface area contributed by atoms with E-state index in [1.807, 2.05) is 52.8 Å². The van der Waals surface area contributed by atoms with Gasteiger partial charge in [0, 0.05) is 23.7 Å². The second-order valence-corrected chi connectivity index (χ2v) is 4.98. The largest absolute Gasteiger partial charge is 0.327 e. The van der Waals surface area contributed by atoms with Crippen molar-refractivity contribution in [3.63, 3.8) is 0 Å². The summed E-state index contributed by atoms with van der Waals surface area (Å²) in [4.78, 5) is 12.8. The van der Waals surface area contributed by atoms with Crippen LogP contribution >= 0.6 is 12.6 Å². The highest BCUT2D eigenvalue weighted by Gasteiger charge is 2.07. The number of hydrogen-bond donors (Lipinski definition) is 2. The van der Waals surface area contributed by atoms with Crippen LogP contribution < -0.4 is 5.73 Å². The Kier molecular flexibility index (Phi) is 22.7. The number of rotatable bonds is 8. The van der Waals surface area contributed by atoms with Crippen LogP contribution in [0.15, 0.2) is 73.7 Å². The summed E-state index contributed by atoms with van der Waals surface area (Å²) in [6.45, 7) is 20.5. The van der Waals surface area contributed by atoms with E-state index in [4.69, 9.17) is 5.73 Å². The molecule has 0 fully saturated rings. The second kappa shape index (κ2) is 20.3. The summed E-state index contributed by atoms with van der Waals surface area (Å²) < 4.78 is 0. The van der Waals surface area contributed by atoms with Gasteiger partial charge in [0.1, 0.15) is 0 Å². The second-order valence-electron chi connectivity index (χ2n) is 4.62. The van der Waals surface area contributed by atoms with Gasteiger partial charge in [-0.25, -0.2) is 0 Å². The number of thiol groups is 1. The van der Waals surface area contributed by atoms with Crippen molar-refractivity contribution in [3.8, 4) is 0 Å². The molecule has 0 aliphatic rings. The molecule has 0 aromatic rings. The molecule has 4 heteroatoms. The van der Waals surface area contributed by atoms with Crippen molar-refractivity contribution in [1.82, 2.24) is 4.90 Å². The monoisotopic (exact) mass is 364 g/mol. The molecule has 25 heavy (non-hydrogen) atoms. The highest BCUT2D eigenvalue weighted by Crippen LogP contribution is 2.07. The van der Waals surface area contributed by atoms with Crippen molar-refractivity contribution in [2.45, 2.75) is 47.1 Å². The predicted molar refractivity (Wildman–Crippen MR) is 118 cm³/mol. The van der Waals surface area contributed by atoms with Gasteiger partial charge >= 0.3 is 0 Å². The molecule has 3 nitrogen and oxygen atoms in total. The van der Waals surface area contributed by atoms with E-state index in [1.54, 1.807) is 18.4 Å². The lowest BCUT2D eigenvalue weighted by atomic mass is 10.1. The molecule has 0 aliphatic carbocycles. The standard InChI is InChI=1S/C11H15NO.C8H15NS.C2H6/c1-5-9-12(11(13)8-4)10(6-2)7-3;1-3-4-7(2)5-8(9)6-10;1-2/h5-9H,2,4H2,1,3H3;3-4,8,10H,2,5-6,9H2,1H3;1-2H3/b9-5-,10-7+;4-3-;. The first-order valence-electron chi connectivity index (χ1n) is 8.45. The van der Waals surface area contributed by atoms with Crippen LogP contribution in [0.25, 0.3) is 0 Å². The molecular formula is C21H36N2OS.